The summed E-state index contributed by atoms with van der Waals surface area (Å²) in [5.74, 6) is -0.0834. The second-order valence-electron chi connectivity index (χ2n) is 9.33. The van der Waals surface area contributed by atoms with Gasteiger partial charge in [0.2, 0.25) is 5.91 Å². The van der Waals surface area contributed by atoms with Gasteiger partial charge in [-0.05, 0) is 57.0 Å². The lowest BCUT2D eigenvalue weighted by Gasteiger charge is -2.33. The topological polar surface area (TPSA) is 65.6 Å². The van der Waals surface area contributed by atoms with Gasteiger partial charge in [0, 0.05) is 58.9 Å². The predicted molar refractivity (Wildman–Crippen MR) is 133 cm³/mol. The second kappa shape index (κ2) is 8.95. The number of nitrogens with zero attached hydrogens (tertiary/aromatic N) is 2. The van der Waals surface area contributed by atoms with Gasteiger partial charge in [-0.15, -0.1) is 0 Å². The van der Waals surface area contributed by atoms with Crippen LogP contribution in [-0.4, -0.2) is 64.1 Å². The lowest BCUT2D eigenvalue weighted by Crippen LogP contribution is -2.51. The van der Waals surface area contributed by atoms with E-state index in [0.29, 0.717) is 31.2 Å². The van der Waals surface area contributed by atoms with Gasteiger partial charge < -0.3 is 19.5 Å². The number of morpholine rings is 1. The molecule has 2 fully saturated rings. The fourth-order valence-electron chi connectivity index (χ4n) is 4.82. The summed E-state index contributed by atoms with van der Waals surface area (Å²) in [6, 6.07) is 16.4. The zero-order chi connectivity index (χ0) is 23.0. The van der Waals surface area contributed by atoms with E-state index in [4.69, 9.17) is 4.74 Å². The van der Waals surface area contributed by atoms with Crippen LogP contribution in [0.1, 0.15) is 26.7 Å². The third-order valence-electron chi connectivity index (χ3n) is 6.73. The van der Waals surface area contributed by atoms with Crippen LogP contribution in [0.2, 0.25) is 0 Å². The third kappa shape index (κ3) is 4.20. The zero-order valence-electron chi connectivity index (χ0n) is 19.3. The summed E-state index contributed by atoms with van der Waals surface area (Å²) in [6.07, 6.45) is 2.36. The number of ether oxygens (including phenoxy) is 1. The van der Waals surface area contributed by atoms with Crippen LogP contribution in [0.4, 0.5) is 5.69 Å². The van der Waals surface area contributed by atoms with Gasteiger partial charge >= 0.3 is 0 Å². The van der Waals surface area contributed by atoms with Crippen LogP contribution >= 0.6 is 0 Å². The van der Waals surface area contributed by atoms with Gasteiger partial charge in [-0.25, -0.2) is 0 Å². The van der Waals surface area contributed by atoms with Crippen molar-refractivity contribution in [2.24, 2.45) is 0 Å². The minimum absolute atomic E-state index is 0.0834. The first-order valence-corrected chi connectivity index (χ1v) is 12.9. The summed E-state index contributed by atoms with van der Waals surface area (Å²) in [5, 5.41) is 1.15. The molecular weight excluding hydrogens is 434 g/mol. The van der Waals surface area contributed by atoms with Gasteiger partial charge in [0.05, 0.1) is 24.0 Å². The largest absolute Gasteiger partial charge is 0.378 e. The first kappa shape index (κ1) is 22.2. The average Bonchev–Trinajstić information content (AvgIpc) is 3.53. The molecule has 1 amide bonds. The highest BCUT2D eigenvalue weighted by molar-refractivity contribution is 7.87. The Morgan fingerprint density at radius 2 is 1.73 bits per heavy atom. The molecule has 2 aliphatic heterocycles. The first-order chi connectivity index (χ1) is 15.9. The van der Waals surface area contributed by atoms with Crippen LogP contribution in [0.25, 0.3) is 22.2 Å². The highest BCUT2D eigenvalue weighted by Gasteiger charge is 2.39. The second-order valence-corrected chi connectivity index (χ2v) is 11.4. The van der Waals surface area contributed by atoms with Crippen LogP contribution in [0, 0.1) is 0 Å². The molecule has 5 rings (SSSR count). The van der Waals surface area contributed by atoms with Crippen molar-refractivity contribution in [1.29, 1.82) is 0 Å². The SMILES string of the molecule is CC(C)(C(=O)N1CCOCC1)S(=O)c1ccc(N2CCCC2)c(-c2cc3ccccc3[nH]2)c1. The van der Waals surface area contributed by atoms with Crippen molar-refractivity contribution in [2.45, 2.75) is 36.3 Å². The number of anilines is 1. The summed E-state index contributed by atoms with van der Waals surface area (Å²) in [4.78, 5) is 21.6. The molecule has 2 aliphatic rings. The number of nitrogens with one attached hydrogen (secondary N) is 1. The van der Waals surface area contributed by atoms with E-state index in [9.17, 15) is 9.00 Å². The molecule has 174 valence electrons. The Hall–Kier alpha value is -2.64. The smallest absolute Gasteiger partial charge is 0.241 e. The van der Waals surface area contributed by atoms with Crippen molar-refractivity contribution in [3.8, 4) is 11.3 Å². The molecule has 0 aliphatic carbocycles. The molecule has 33 heavy (non-hydrogen) atoms. The minimum atomic E-state index is -1.50. The van der Waals surface area contributed by atoms with Crippen molar-refractivity contribution in [2.75, 3.05) is 44.3 Å². The number of benzene rings is 2. The number of amides is 1. The van der Waals surface area contributed by atoms with Crippen molar-refractivity contribution in [3.05, 3.63) is 48.5 Å². The molecule has 1 atom stereocenters. The number of aromatic amines is 1. The fourth-order valence-corrected chi connectivity index (χ4v) is 6.11. The maximum absolute atomic E-state index is 13.7. The summed E-state index contributed by atoms with van der Waals surface area (Å²) in [5.41, 5.74) is 4.27. The number of carbonyl (C=O) groups is 1. The standard InChI is InChI=1S/C26H31N3O3S/c1-26(2,25(30)29-13-15-32-16-14-29)33(31)20-9-10-24(28-11-5-6-12-28)21(18-20)23-17-19-7-3-4-8-22(19)27-23/h3-4,7-10,17-18,27H,5-6,11-16H2,1-2H3. The van der Waals surface area contributed by atoms with E-state index in [1.165, 1.54) is 12.8 Å². The van der Waals surface area contributed by atoms with E-state index in [1.807, 2.05) is 24.3 Å². The first-order valence-electron chi connectivity index (χ1n) is 11.7. The van der Waals surface area contributed by atoms with E-state index in [0.717, 1.165) is 40.9 Å². The Labute approximate surface area is 197 Å². The maximum Gasteiger partial charge on any atom is 0.241 e. The number of rotatable bonds is 5. The number of para-hydroxylation sites is 1. The Morgan fingerprint density at radius 3 is 2.45 bits per heavy atom. The molecule has 1 N–H and O–H groups in total. The average molecular weight is 466 g/mol. The molecule has 7 heteroatoms. The lowest BCUT2D eigenvalue weighted by molar-refractivity contribution is -0.137. The molecule has 0 bridgehead atoms. The van der Waals surface area contributed by atoms with E-state index >= 15 is 0 Å². The third-order valence-corrected chi connectivity index (χ3v) is 8.51. The highest BCUT2D eigenvalue weighted by Crippen LogP contribution is 2.37. The van der Waals surface area contributed by atoms with Crippen LogP contribution in [0.15, 0.2) is 53.4 Å². The number of hydrogen-bond acceptors (Lipinski definition) is 4. The Morgan fingerprint density at radius 1 is 1.00 bits per heavy atom. The predicted octanol–water partition coefficient (Wildman–Crippen LogP) is 4.18. The monoisotopic (exact) mass is 465 g/mol. The molecule has 0 radical (unpaired) electrons. The van der Waals surface area contributed by atoms with Crippen molar-refractivity contribution in [3.63, 3.8) is 0 Å². The summed E-state index contributed by atoms with van der Waals surface area (Å²) < 4.78 is 18.1. The van der Waals surface area contributed by atoms with Crippen LogP contribution in [0.3, 0.4) is 0 Å². The number of fused-ring (bicyclic) bond motifs is 1. The van der Waals surface area contributed by atoms with Gasteiger partial charge in [0.15, 0.2) is 0 Å². The van der Waals surface area contributed by atoms with Gasteiger partial charge in [-0.3, -0.25) is 9.00 Å². The zero-order valence-corrected chi connectivity index (χ0v) is 20.1. The number of aromatic nitrogens is 1. The number of H-pyrrole nitrogens is 1. The maximum atomic E-state index is 13.7. The summed E-state index contributed by atoms with van der Waals surface area (Å²) in [7, 11) is -1.50. The quantitative estimate of drug-likeness (QED) is 0.614. The minimum Gasteiger partial charge on any atom is -0.378 e. The molecule has 6 nitrogen and oxygen atoms in total. The van der Waals surface area contributed by atoms with Crippen LogP contribution in [-0.2, 0) is 20.3 Å². The summed E-state index contributed by atoms with van der Waals surface area (Å²) in [6.45, 7) is 7.79. The molecule has 1 unspecified atom stereocenters. The van der Waals surface area contributed by atoms with Crippen molar-refractivity contribution in [1.82, 2.24) is 9.88 Å². The van der Waals surface area contributed by atoms with E-state index < -0.39 is 15.5 Å². The molecular formula is C26H31N3O3S. The molecule has 3 aromatic rings. The van der Waals surface area contributed by atoms with Crippen LogP contribution < -0.4 is 4.90 Å². The molecule has 2 saturated heterocycles. The highest BCUT2D eigenvalue weighted by atomic mass is 32.2. The Bertz CT molecular complexity index is 1160. The van der Waals surface area contributed by atoms with Gasteiger partial charge in [-0.2, -0.15) is 0 Å². The Kier molecular flexibility index (Phi) is 6.01. The molecule has 0 saturated carbocycles. The van der Waals surface area contributed by atoms with Crippen molar-refractivity contribution < 1.29 is 13.7 Å². The summed E-state index contributed by atoms with van der Waals surface area (Å²) >= 11 is 0. The number of hydrogen-bond donors (Lipinski definition) is 1. The molecule has 2 aromatic carbocycles. The van der Waals surface area contributed by atoms with E-state index in [1.54, 1.807) is 18.7 Å². The lowest BCUT2D eigenvalue weighted by atomic mass is 10.1. The van der Waals surface area contributed by atoms with Crippen molar-refractivity contribution >= 4 is 33.3 Å². The van der Waals surface area contributed by atoms with Gasteiger partial charge in [0.25, 0.3) is 0 Å². The Balaban J connectivity index is 1.53. The van der Waals surface area contributed by atoms with Gasteiger partial charge in [-0.1, -0.05) is 18.2 Å². The van der Waals surface area contributed by atoms with Gasteiger partial charge in [0.1, 0.15) is 4.75 Å². The molecule has 1 aromatic heterocycles. The number of carbonyl (C=O) groups excluding carboxylic acids is 1. The molecule has 0 spiro atoms. The fraction of sp³-hybridized carbons (Fsp3) is 0.423. The molecule has 3 heterocycles. The van der Waals surface area contributed by atoms with Crippen LogP contribution in [0.5, 0.6) is 0 Å². The van der Waals surface area contributed by atoms with E-state index in [-0.39, 0.29) is 5.91 Å². The van der Waals surface area contributed by atoms with E-state index in [2.05, 4.69) is 34.1 Å². The normalized spacial score (nSPS) is 18.1.